The van der Waals surface area contributed by atoms with Crippen molar-refractivity contribution >= 4 is 27.5 Å². The molecule has 1 N–H and O–H groups in total. The molecule has 1 atom stereocenters. The van der Waals surface area contributed by atoms with E-state index in [2.05, 4.69) is 21.2 Å². The van der Waals surface area contributed by atoms with Gasteiger partial charge < -0.3 is 10.1 Å². The first-order valence-electron chi connectivity index (χ1n) is 6.61. The van der Waals surface area contributed by atoms with Crippen molar-refractivity contribution in [2.75, 3.05) is 13.7 Å². The van der Waals surface area contributed by atoms with Crippen molar-refractivity contribution in [3.8, 4) is 5.75 Å². The summed E-state index contributed by atoms with van der Waals surface area (Å²) in [7, 11) is 1.79. The molecule has 0 saturated carbocycles. The maximum Gasteiger partial charge on any atom is 0.146 e. The van der Waals surface area contributed by atoms with Gasteiger partial charge in [0.25, 0.3) is 0 Å². The van der Waals surface area contributed by atoms with Gasteiger partial charge in [0.1, 0.15) is 11.6 Å². The summed E-state index contributed by atoms with van der Waals surface area (Å²) in [5.74, 6) is 0.367. The molecule has 0 amide bonds. The quantitative estimate of drug-likeness (QED) is 0.802. The lowest BCUT2D eigenvalue weighted by molar-refractivity contribution is 0.338. The summed E-state index contributed by atoms with van der Waals surface area (Å²) in [6.45, 7) is 2.52. The molecule has 0 aliphatic heterocycles. The predicted molar refractivity (Wildman–Crippen MR) is 87.6 cm³/mol. The van der Waals surface area contributed by atoms with Crippen molar-refractivity contribution in [2.45, 2.75) is 13.0 Å². The van der Waals surface area contributed by atoms with Gasteiger partial charge in [-0.3, -0.25) is 0 Å². The van der Waals surface area contributed by atoms with Crippen LogP contribution < -0.4 is 10.1 Å². The van der Waals surface area contributed by atoms with Crippen LogP contribution in [0.15, 0.2) is 40.9 Å². The van der Waals surface area contributed by atoms with Crippen LogP contribution in [0.2, 0.25) is 5.02 Å². The molecule has 0 spiro atoms. The van der Waals surface area contributed by atoms with E-state index in [4.69, 9.17) is 16.3 Å². The van der Waals surface area contributed by atoms with Crippen molar-refractivity contribution in [2.24, 2.45) is 0 Å². The van der Waals surface area contributed by atoms with Gasteiger partial charge in [-0.05, 0) is 53.7 Å². The Balaban J connectivity index is 2.42. The smallest absolute Gasteiger partial charge is 0.146 e. The number of halogens is 3. The summed E-state index contributed by atoms with van der Waals surface area (Å²) >= 11 is 9.35. The molecular formula is C16H16BrClFNO. The number of benzene rings is 2. The average Bonchev–Trinajstić information content (AvgIpc) is 2.47. The molecule has 0 fully saturated rings. The second kappa shape index (κ2) is 7.25. The molecule has 2 nitrogen and oxygen atoms in total. The molecule has 2 aromatic carbocycles. The molecule has 0 radical (unpaired) electrons. The Morgan fingerprint density at radius 2 is 2.10 bits per heavy atom. The lowest BCUT2D eigenvalue weighted by Crippen LogP contribution is -2.19. The van der Waals surface area contributed by atoms with Crippen molar-refractivity contribution in [3.05, 3.63) is 62.8 Å². The molecule has 1 unspecified atom stereocenters. The lowest BCUT2D eigenvalue weighted by Gasteiger charge is -2.19. The van der Waals surface area contributed by atoms with Gasteiger partial charge in [-0.15, -0.1) is 0 Å². The summed E-state index contributed by atoms with van der Waals surface area (Å²) < 4.78 is 20.5. The van der Waals surface area contributed by atoms with Crippen LogP contribution in [0.5, 0.6) is 5.75 Å². The molecule has 0 saturated heterocycles. The van der Waals surface area contributed by atoms with Crippen LogP contribution in [0.4, 0.5) is 4.39 Å². The normalized spacial score (nSPS) is 12.2. The highest BCUT2D eigenvalue weighted by molar-refractivity contribution is 9.10. The molecule has 5 heteroatoms. The van der Waals surface area contributed by atoms with E-state index in [0.29, 0.717) is 12.2 Å². The molecule has 2 aromatic rings. The van der Waals surface area contributed by atoms with Gasteiger partial charge in [0.05, 0.1) is 22.1 Å². The van der Waals surface area contributed by atoms with Crippen LogP contribution in [-0.2, 0) is 0 Å². The number of rotatable bonds is 5. The molecule has 0 aliphatic rings. The molecular weight excluding hydrogens is 357 g/mol. The van der Waals surface area contributed by atoms with E-state index in [1.807, 2.05) is 25.1 Å². The Hall–Kier alpha value is -1.10. The number of nitrogens with one attached hydrogen (secondary N) is 1. The summed E-state index contributed by atoms with van der Waals surface area (Å²) in [5.41, 5.74) is 1.44. The number of ether oxygens (including phenoxy) is 1. The van der Waals surface area contributed by atoms with E-state index in [0.717, 1.165) is 15.8 Å². The summed E-state index contributed by atoms with van der Waals surface area (Å²) in [6, 6.07) is 10.4. The molecule has 0 bridgehead atoms. The van der Waals surface area contributed by atoms with Crippen molar-refractivity contribution < 1.29 is 9.13 Å². The van der Waals surface area contributed by atoms with E-state index in [9.17, 15) is 4.39 Å². The highest BCUT2D eigenvalue weighted by Gasteiger charge is 2.18. The fourth-order valence-corrected chi connectivity index (χ4v) is 2.91. The molecule has 0 aliphatic carbocycles. The standard InChI is InChI=1S/C16H16BrClFNO/c1-3-21-14-8-7-10(9-12(14)17)16(20-2)11-5-4-6-13(18)15(11)19/h4-9,16,20H,3H2,1-2H3. The highest BCUT2D eigenvalue weighted by Crippen LogP contribution is 2.32. The highest BCUT2D eigenvalue weighted by atomic mass is 79.9. The van der Waals surface area contributed by atoms with Gasteiger partial charge in [0.15, 0.2) is 0 Å². The molecule has 21 heavy (non-hydrogen) atoms. The number of hydrogen-bond acceptors (Lipinski definition) is 2. The molecule has 0 aromatic heterocycles. The Bertz CT molecular complexity index is 636. The van der Waals surface area contributed by atoms with Crippen molar-refractivity contribution in [3.63, 3.8) is 0 Å². The van der Waals surface area contributed by atoms with Crippen LogP contribution >= 0.6 is 27.5 Å². The van der Waals surface area contributed by atoms with Crippen LogP contribution in [0.25, 0.3) is 0 Å². The van der Waals surface area contributed by atoms with E-state index in [1.165, 1.54) is 0 Å². The van der Waals surface area contributed by atoms with E-state index in [-0.39, 0.29) is 11.1 Å². The second-order valence-electron chi connectivity index (χ2n) is 4.49. The zero-order valence-electron chi connectivity index (χ0n) is 11.8. The van der Waals surface area contributed by atoms with Gasteiger partial charge in [-0.1, -0.05) is 29.8 Å². The van der Waals surface area contributed by atoms with Gasteiger partial charge in [0, 0.05) is 5.56 Å². The second-order valence-corrected chi connectivity index (χ2v) is 5.75. The van der Waals surface area contributed by atoms with Crippen LogP contribution in [-0.4, -0.2) is 13.7 Å². The fraction of sp³-hybridized carbons (Fsp3) is 0.250. The minimum Gasteiger partial charge on any atom is -0.493 e. The van der Waals surface area contributed by atoms with Crippen molar-refractivity contribution in [1.82, 2.24) is 5.32 Å². The van der Waals surface area contributed by atoms with E-state index >= 15 is 0 Å². The van der Waals surface area contributed by atoms with Gasteiger partial charge in [0.2, 0.25) is 0 Å². The Morgan fingerprint density at radius 3 is 2.71 bits per heavy atom. The first-order chi connectivity index (χ1) is 10.1. The maximum atomic E-state index is 14.2. The summed E-state index contributed by atoms with van der Waals surface area (Å²) in [5, 5.41) is 3.24. The summed E-state index contributed by atoms with van der Waals surface area (Å²) in [4.78, 5) is 0. The minimum absolute atomic E-state index is 0.123. The van der Waals surface area contributed by atoms with Gasteiger partial charge in [-0.25, -0.2) is 4.39 Å². The molecule has 0 heterocycles. The molecule has 2 rings (SSSR count). The zero-order chi connectivity index (χ0) is 15.4. The Labute approximate surface area is 137 Å². The van der Waals surface area contributed by atoms with Gasteiger partial charge >= 0.3 is 0 Å². The summed E-state index contributed by atoms with van der Waals surface area (Å²) in [6.07, 6.45) is 0. The van der Waals surface area contributed by atoms with Crippen LogP contribution in [0, 0.1) is 5.82 Å². The van der Waals surface area contributed by atoms with Gasteiger partial charge in [-0.2, -0.15) is 0 Å². The maximum absolute atomic E-state index is 14.2. The third kappa shape index (κ3) is 3.57. The largest absolute Gasteiger partial charge is 0.493 e. The van der Waals surface area contributed by atoms with E-state index in [1.54, 1.807) is 25.2 Å². The third-order valence-electron chi connectivity index (χ3n) is 3.17. The monoisotopic (exact) mass is 371 g/mol. The average molecular weight is 373 g/mol. The Morgan fingerprint density at radius 1 is 1.33 bits per heavy atom. The van der Waals surface area contributed by atoms with Crippen LogP contribution in [0.1, 0.15) is 24.1 Å². The lowest BCUT2D eigenvalue weighted by atomic mass is 9.98. The predicted octanol–water partition coefficient (Wildman–Crippen LogP) is 4.95. The third-order valence-corrected chi connectivity index (χ3v) is 4.08. The first kappa shape index (κ1) is 16.3. The van der Waals surface area contributed by atoms with Crippen molar-refractivity contribution in [1.29, 1.82) is 0 Å². The van der Waals surface area contributed by atoms with E-state index < -0.39 is 5.82 Å². The molecule has 112 valence electrons. The topological polar surface area (TPSA) is 21.3 Å². The SMILES string of the molecule is CCOc1ccc(C(NC)c2cccc(Cl)c2F)cc1Br. The zero-order valence-corrected chi connectivity index (χ0v) is 14.1. The fourth-order valence-electron chi connectivity index (χ4n) is 2.21. The van der Waals surface area contributed by atoms with Crippen LogP contribution in [0.3, 0.4) is 0 Å². The first-order valence-corrected chi connectivity index (χ1v) is 7.79. The number of hydrogen-bond donors (Lipinski definition) is 1. The minimum atomic E-state index is -0.400. The Kier molecular flexibility index (Phi) is 5.62.